The van der Waals surface area contributed by atoms with Crippen LogP contribution in [0.3, 0.4) is 0 Å². The highest BCUT2D eigenvalue weighted by molar-refractivity contribution is 5.83. The molecule has 4 unspecified atom stereocenters. The third-order valence-corrected chi connectivity index (χ3v) is 7.28. The Kier molecular flexibility index (Phi) is 6.20. The molecular formula is C29H33NO5. The van der Waals surface area contributed by atoms with E-state index in [1.54, 1.807) is 0 Å². The molecule has 0 amide bonds. The van der Waals surface area contributed by atoms with Crippen LogP contribution in [0.5, 0.6) is 11.5 Å². The van der Waals surface area contributed by atoms with Gasteiger partial charge >= 0.3 is 5.97 Å². The van der Waals surface area contributed by atoms with E-state index in [9.17, 15) is 15.0 Å². The van der Waals surface area contributed by atoms with Crippen LogP contribution in [-0.2, 0) is 11.2 Å². The van der Waals surface area contributed by atoms with Crippen LogP contribution in [0.1, 0.15) is 37.8 Å². The normalized spacial score (nSPS) is 22.1. The molecule has 0 radical (unpaired) electrons. The smallest absolute Gasteiger partial charge is 0.311 e. The quantitative estimate of drug-likeness (QED) is 0.403. The molecule has 3 aromatic rings. The van der Waals surface area contributed by atoms with Gasteiger partial charge in [0, 0.05) is 23.6 Å². The van der Waals surface area contributed by atoms with Crippen molar-refractivity contribution in [3.05, 3.63) is 71.8 Å². The minimum Gasteiger partial charge on any atom is -0.491 e. The Morgan fingerprint density at radius 3 is 2.66 bits per heavy atom. The fourth-order valence-corrected chi connectivity index (χ4v) is 5.07. The van der Waals surface area contributed by atoms with Crippen molar-refractivity contribution < 1.29 is 24.5 Å². The second-order valence-electron chi connectivity index (χ2n) is 10.7. The van der Waals surface area contributed by atoms with Gasteiger partial charge in [-0.3, -0.25) is 4.79 Å². The summed E-state index contributed by atoms with van der Waals surface area (Å²) in [6.07, 6.45) is -0.00952. The number of nitrogens with one attached hydrogen (secondary N) is 1. The maximum Gasteiger partial charge on any atom is 0.311 e. The number of rotatable bonds is 10. The van der Waals surface area contributed by atoms with Crippen molar-refractivity contribution in [1.29, 1.82) is 0 Å². The van der Waals surface area contributed by atoms with Crippen molar-refractivity contribution in [2.75, 3.05) is 13.2 Å². The fourth-order valence-electron chi connectivity index (χ4n) is 5.07. The number of aliphatic hydroxyl groups is 1. The lowest BCUT2D eigenvalue weighted by Gasteiger charge is -2.30. The predicted molar refractivity (Wildman–Crippen MR) is 135 cm³/mol. The summed E-state index contributed by atoms with van der Waals surface area (Å²) in [4.78, 5) is 11.3. The topological polar surface area (TPSA) is 88.0 Å². The van der Waals surface area contributed by atoms with Gasteiger partial charge in [0.1, 0.15) is 30.1 Å². The highest BCUT2D eigenvalue weighted by Crippen LogP contribution is 2.58. The lowest BCUT2D eigenvalue weighted by molar-refractivity contribution is -0.139. The van der Waals surface area contributed by atoms with E-state index in [4.69, 9.17) is 9.47 Å². The summed E-state index contributed by atoms with van der Waals surface area (Å²) in [6.45, 7) is 7.20. The molecule has 0 bridgehead atoms. The van der Waals surface area contributed by atoms with E-state index in [-0.39, 0.29) is 30.1 Å². The molecule has 1 aliphatic heterocycles. The summed E-state index contributed by atoms with van der Waals surface area (Å²) in [5.74, 6) is -0.0297. The van der Waals surface area contributed by atoms with Gasteiger partial charge < -0.3 is 25.0 Å². The van der Waals surface area contributed by atoms with Gasteiger partial charge in [-0.05, 0) is 60.7 Å². The first kappa shape index (κ1) is 23.6. The molecule has 1 aliphatic carbocycles. The largest absolute Gasteiger partial charge is 0.491 e. The van der Waals surface area contributed by atoms with Crippen molar-refractivity contribution in [3.8, 4) is 11.5 Å². The number of carbonyl (C=O) groups is 1. The summed E-state index contributed by atoms with van der Waals surface area (Å²) in [7, 11) is 0. The van der Waals surface area contributed by atoms with Gasteiger partial charge in [0.05, 0.1) is 6.10 Å². The van der Waals surface area contributed by atoms with Gasteiger partial charge in [-0.25, -0.2) is 0 Å². The Morgan fingerprint density at radius 2 is 1.89 bits per heavy atom. The predicted octanol–water partition coefficient (Wildman–Crippen LogP) is 4.39. The van der Waals surface area contributed by atoms with Crippen LogP contribution in [0.4, 0.5) is 0 Å². The number of hydrogen-bond donors (Lipinski definition) is 3. The second-order valence-corrected chi connectivity index (χ2v) is 10.7. The molecule has 2 aliphatic rings. The Balaban J connectivity index is 1.11. The van der Waals surface area contributed by atoms with Crippen LogP contribution in [0, 0.1) is 11.8 Å². The molecule has 1 heterocycles. The number of benzene rings is 3. The second kappa shape index (κ2) is 9.17. The summed E-state index contributed by atoms with van der Waals surface area (Å²) in [5.41, 5.74) is 2.04. The molecule has 1 fully saturated rings. The molecule has 35 heavy (non-hydrogen) atoms. The van der Waals surface area contributed by atoms with Gasteiger partial charge in [-0.15, -0.1) is 0 Å². The summed E-state index contributed by atoms with van der Waals surface area (Å²) < 4.78 is 11.6. The van der Waals surface area contributed by atoms with Gasteiger partial charge in [0.25, 0.3) is 0 Å². The molecule has 5 atom stereocenters. The standard InChI is InChI=1S/C29H33NO5/c1-17(15-30-29(2,3)14-18-8-9-19-6-4-5-7-20(19)12-18)23(31)16-34-21-10-11-24-22(13-21)25-26(28(32)33)27(25)35-24/h4-13,17,23,25-27,30-31H,14-16H2,1-3H3,(H,32,33)/t17?,23-,25?,26?,27?/m0/s1. The van der Waals surface area contributed by atoms with Crippen LogP contribution in [0.15, 0.2) is 60.7 Å². The summed E-state index contributed by atoms with van der Waals surface area (Å²) >= 11 is 0. The van der Waals surface area contributed by atoms with Crippen LogP contribution in [0.2, 0.25) is 0 Å². The van der Waals surface area contributed by atoms with Crippen molar-refractivity contribution >= 4 is 16.7 Å². The number of carboxylic acids is 1. The highest BCUT2D eigenvalue weighted by atomic mass is 16.5. The molecule has 0 saturated heterocycles. The fraction of sp³-hybridized carbons (Fsp3) is 0.414. The average molecular weight is 476 g/mol. The lowest BCUT2D eigenvalue weighted by atomic mass is 9.92. The highest BCUT2D eigenvalue weighted by Gasteiger charge is 2.63. The average Bonchev–Trinajstić information content (AvgIpc) is 3.44. The van der Waals surface area contributed by atoms with Crippen LogP contribution >= 0.6 is 0 Å². The van der Waals surface area contributed by atoms with Gasteiger partial charge in [0.2, 0.25) is 0 Å². The first-order chi connectivity index (χ1) is 16.7. The Hall–Kier alpha value is -3.09. The van der Waals surface area contributed by atoms with Crippen LogP contribution in [-0.4, -0.2) is 47.1 Å². The van der Waals surface area contributed by atoms with E-state index in [1.807, 2.05) is 25.1 Å². The van der Waals surface area contributed by atoms with E-state index in [2.05, 4.69) is 61.6 Å². The minimum atomic E-state index is -0.822. The van der Waals surface area contributed by atoms with Crippen LogP contribution < -0.4 is 14.8 Å². The molecule has 5 rings (SSSR count). The van der Waals surface area contributed by atoms with Crippen molar-refractivity contribution in [1.82, 2.24) is 5.32 Å². The zero-order chi connectivity index (χ0) is 24.7. The van der Waals surface area contributed by atoms with Gasteiger partial charge in [-0.2, -0.15) is 0 Å². The molecule has 6 nitrogen and oxygen atoms in total. The molecule has 184 valence electrons. The number of fused-ring (bicyclic) bond motifs is 4. The lowest BCUT2D eigenvalue weighted by Crippen LogP contribution is -2.45. The number of hydrogen-bond acceptors (Lipinski definition) is 5. The van der Waals surface area contributed by atoms with E-state index in [0.29, 0.717) is 12.3 Å². The molecule has 0 spiro atoms. The van der Waals surface area contributed by atoms with Crippen molar-refractivity contribution in [3.63, 3.8) is 0 Å². The molecular weight excluding hydrogens is 442 g/mol. The summed E-state index contributed by atoms with van der Waals surface area (Å²) in [5, 5.41) is 26.1. The maximum absolute atomic E-state index is 11.3. The molecule has 3 N–H and O–H groups in total. The third kappa shape index (κ3) is 5.00. The number of aliphatic hydroxyl groups excluding tert-OH is 1. The Morgan fingerprint density at radius 1 is 1.11 bits per heavy atom. The number of aliphatic carboxylic acids is 1. The van der Waals surface area contributed by atoms with Gasteiger partial charge in [0.15, 0.2) is 0 Å². The number of ether oxygens (including phenoxy) is 2. The first-order valence-electron chi connectivity index (χ1n) is 12.3. The molecule has 1 saturated carbocycles. The zero-order valence-electron chi connectivity index (χ0n) is 20.4. The minimum absolute atomic E-state index is 0.00663. The summed E-state index contributed by atoms with van der Waals surface area (Å²) in [6, 6.07) is 20.5. The van der Waals surface area contributed by atoms with Gasteiger partial charge in [-0.1, -0.05) is 49.4 Å². The Labute approximate surface area is 205 Å². The Bertz CT molecular complexity index is 1240. The SMILES string of the molecule is CC(CNC(C)(C)Cc1ccc2ccccc2c1)[C@@H](O)COc1ccc2c(c1)C1C(O2)C1C(=O)O. The molecule has 3 aromatic carbocycles. The van der Waals surface area contributed by atoms with E-state index in [0.717, 1.165) is 17.7 Å². The first-order valence-corrected chi connectivity index (χ1v) is 12.3. The van der Waals surface area contributed by atoms with E-state index < -0.39 is 18.0 Å². The molecule has 0 aromatic heterocycles. The molecule has 6 heteroatoms. The van der Waals surface area contributed by atoms with Crippen molar-refractivity contribution in [2.24, 2.45) is 11.8 Å². The number of carboxylic acid groups (broad SMARTS) is 1. The maximum atomic E-state index is 11.3. The third-order valence-electron chi connectivity index (χ3n) is 7.28. The van der Waals surface area contributed by atoms with E-state index in [1.165, 1.54) is 16.3 Å². The van der Waals surface area contributed by atoms with Crippen LogP contribution in [0.25, 0.3) is 10.8 Å². The van der Waals surface area contributed by atoms with E-state index >= 15 is 0 Å². The monoisotopic (exact) mass is 475 g/mol. The zero-order valence-corrected chi connectivity index (χ0v) is 20.4. The van der Waals surface area contributed by atoms with Crippen molar-refractivity contribution in [2.45, 2.75) is 50.9 Å².